The van der Waals surface area contributed by atoms with Gasteiger partial charge in [0.2, 0.25) is 0 Å². The smallest absolute Gasteiger partial charge is 0.355 e. The van der Waals surface area contributed by atoms with Crippen molar-refractivity contribution in [3.05, 3.63) is 172 Å². The fourth-order valence-corrected chi connectivity index (χ4v) is 9.43. The summed E-state index contributed by atoms with van der Waals surface area (Å²) in [6.45, 7) is 6.33. The number of esters is 4. The third kappa shape index (κ3) is 6.11. The lowest BCUT2D eigenvalue weighted by Crippen LogP contribution is -2.39. The van der Waals surface area contributed by atoms with Crippen LogP contribution in [-0.2, 0) is 59.0 Å². The topological polar surface area (TPSA) is 156 Å². The van der Waals surface area contributed by atoms with Crippen LogP contribution in [0, 0.1) is 17.8 Å². The molecule has 4 aromatic carbocycles. The number of imidazole rings is 1. The number of nitrogens with one attached hydrogen (secondary N) is 1. The molecule has 3 atom stereocenters. The summed E-state index contributed by atoms with van der Waals surface area (Å²) in [5.41, 5.74) is -2.41. The van der Waals surface area contributed by atoms with Crippen molar-refractivity contribution in [2.75, 3.05) is 13.2 Å². The Kier molecular flexibility index (Phi) is 10.9. The Morgan fingerprint density at radius 1 is 0.661 bits per heavy atom. The number of aryl methyl sites for hydroxylation is 1. The van der Waals surface area contributed by atoms with Gasteiger partial charge in [-0.25, -0.2) is 14.6 Å². The zero-order chi connectivity index (χ0) is 43.8. The lowest BCUT2D eigenvalue weighted by atomic mass is 9.76. The number of allylic oxidation sites excluding steroid dienone is 1. The number of H-pyrrole nitrogens is 1. The standard InChI is InChI=1S/C50H45N3O9/c1-6-59-45(56)40-31(3)37(44(55)61-29-32-20-12-8-13-21-32)41(52-40)43-51-36(28-53(43)5)49(46(57)62-30-33-22-14-9-15-23-33)48(4)42(54)38(34-24-16-10-17-25-34)39(35-26-18-11-19-27-35)50(48,49)47(58)60-7-2/h8-28,52H,6-7,29-30H2,1-5H3/t48-,49-,50+/m1/s1. The molecule has 62 heavy (non-hydrogen) atoms. The van der Waals surface area contributed by atoms with Crippen molar-refractivity contribution in [1.82, 2.24) is 14.5 Å². The average molecular weight is 832 g/mol. The van der Waals surface area contributed by atoms with E-state index < -0.39 is 45.9 Å². The van der Waals surface area contributed by atoms with Crippen LogP contribution >= 0.6 is 0 Å². The van der Waals surface area contributed by atoms with E-state index in [0.29, 0.717) is 22.3 Å². The molecule has 0 spiro atoms. The number of benzene rings is 4. The molecular formula is C50H45N3O9. The van der Waals surface area contributed by atoms with Crippen molar-refractivity contribution < 1.29 is 42.9 Å². The second-order valence-electron chi connectivity index (χ2n) is 15.4. The Bertz CT molecular complexity index is 2740. The molecule has 1 fully saturated rings. The molecular weight excluding hydrogens is 787 g/mol. The van der Waals surface area contributed by atoms with Crippen LogP contribution in [-0.4, -0.2) is 57.4 Å². The van der Waals surface area contributed by atoms with E-state index >= 15 is 14.4 Å². The Morgan fingerprint density at radius 2 is 1.18 bits per heavy atom. The summed E-state index contributed by atoms with van der Waals surface area (Å²) in [7, 11) is 1.65. The first-order valence-corrected chi connectivity index (χ1v) is 20.4. The molecule has 314 valence electrons. The molecule has 0 radical (unpaired) electrons. The van der Waals surface area contributed by atoms with E-state index in [-0.39, 0.29) is 66.0 Å². The van der Waals surface area contributed by atoms with E-state index in [1.807, 2.05) is 60.7 Å². The molecule has 1 N–H and O–H groups in total. The van der Waals surface area contributed by atoms with Gasteiger partial charge in [-0.3, -0.25) is 14.4 Å². The average Bonchev–Trinajstić information content (AvgIpc) is 3.57. The van der Waals surface area contributed by atoms with E-state index in [1.165, 1.54) is 0 Å². The molecule has 12 heteroatoms. The van der Waals surface area contributed by atoms with Crippen molar-refractivity contribution in [3.8, 4) is 11.5 Å². The first-order chi connectivity index (χ1) is 30.0. The highest BCUT2D eigenvalue weighted by Gasteiger charge is 3.00. The summed E-state index contributed by atoms with van der Waals surface area (Å²) in [5.74, 6) is -3.47. The molecule has 0 bridgehead atoms. The highest BCUT2D eigenvalue weighted by Crippen LogP contribution is 2.88. The Balaban J connectivity index is 1.37. The fourth-order valence-electron chi connectivity index (χ4n) is 9.43. The van der Waals surface area contributed by atoms with Gasteiger partial charge in [0, 0.05) is 18.8 Å². The Morgan fingerprint density at radius 3 is 1.74 bits per heavy atom. The minimum absolute atomic E-state index is 0.00488. The lowest BCUT2D eigenvalue weighted by Gasteiger charge is -2.27. The number of aromatic nitrogens is 3. The predicted molar refractivity (Wildman–Crippen MR) is 229 cm³/mol. The van der Waals surface area contributed by atoms with Gasteiger partial charge in [0.1, 0.15) is 29.7 Å². The summed E-state index contributed by atoms with van der Waals surface area (Å²) in [6, 6.07) is 36.3. The minimum Gasteiger partial charge on any atom is -0.465 e. The van der Waals surface area contributed by atoms with Gasteiger partial charge in [-0.2, -0.15) is 0 Å². The largest absolute Gasteiger partial charge is 0.465 e. The maximum absolute atomic E-state index is 15.6. The monoisotopic (exact) mass is 831 g/mol. The molecule has 2 aliphatic carbocycles. The first kappa shape index (κ1) is 41.4. The second kappa shape index (κ2) is 16.3. The van der Waals surface area contributed by atoms with E-state index in [1.54, 1.807) is 106 Å². The van der Waals surface area contributed by atoms with Gasteiger partial charge in [-0.1, -0.05) is 121 Å². The van der Waals surface area contributed by atoms with Crippen LogP contribution in [0.3, 0.4) is 0 Å². The summed E-state index contributed by atoms with van der Waals surface area (Å²) in [6.07, 6.45) is 1.56. The molecule has 1 saturated carbocycles. The van der Waals surface area contributed by atoms with Crippen LogP contribution in [0.1, 0.15) is 75.1 Å². The Labute approximate surface area is 358 Å². The molecule has 2 heterocycles. The molecule has 0 amide bonds. The van der Waals surface area contributed by atoms with Crippen LogP contribution < -0.4 is 0 Å². The summed E-state index contributed by atoms with van der Waals surface area (Å²) < 4.78 is 24.8. The summed E-state index contributed by atoms with van der Waals surface area (Å²) in [5, 5.41) is 0. The van der Waals surface area contributed by atoms with Gasteiger partial charge in [0.05, 0.1) is 35.6 Å². The molecule has 0 aliphatic heterocycles. The van der Waals surface area contributed by atoms with Crippen molar-refractivity contribution in [2.24, 2.45) is 17.9 Å². The number of nitrogens with zero attached hydrogens (tertiary/aromatic N) is 2. The van der Waals surface area contributed by atoms with Gasteiger partial charge in [0.25, 0.3) is 0 Å². The molecule has 2 aromatic heterocycles. The molecule has 12 nitrogen and oxygen atoms in total. The fraction of sp³-hybridized carbons (Fsp3) is 0.240. The van der Waals surface area contributed by atoms with Crippen LogP contribution in [0.5, 0.6) is 0 Å². The Hall–Kier alpha value is -7.34. The van der Waals surface area contributed by atoms with Crippen LogP contribution in [0.15, 0.2) is 128 Å². The number of aromatic amines is 1. The normalized spacial score (nSPS) is 20.0. The van der Waals surface area contributed by atoms with Gasteiger partial charge < -0.3 is 28.5 Å². The predicted octanol–water partition coefficient (Wildman–Crippen LogP) is 8.00. The van der Waals surface area contributed by atoms with Crippen molar-refractivity contribution in [3.63, 3.8) is 0 Å². The van der Waals surface area contributed by atoms with E-state index in [0.717, 1.165) is 5.56 Å². The summed E-state index contributed by atoms with van der Waals surface area (Å²) >= 11 is 0. The van der Waals surface area contributed by atoms with Gasteiger partial charge >= 0.3 is 23.9 Å². The zero-order valence-corrected chi connectivity index (χ0v) is 35.0. The van der Waals surface area contributed by atoms with E-state index in [2.05, 4.69) is 4.98 Å². The minimum atomic E-state index is -2.10. The number of rotatable bonds is 14. The van der Waals surface area contributed by atoms with Gasteiger partial charge in [-0.05, 0) is 61.1 Å². The van der Waals surface area contributed by atoms with Crippen molar-refractivity contribution in [1.29, 1.82) is 0 Å². The molecule has 2 aliphatic rings. The molecule has 0 unspecified atom stereocenters. The number of hydrogen-bond donors (Lipinski definition) is 1. The van der Waals surface area contributed by atoms with Crippen LogP contribution in [0.25, 0.3) is 22.7 Å². The third-order valence-electron chi connectivity index (χ3n) is 12.2. The maximum Gasteiger partial charge on any atom is 0.355 e. The van der Waals surface area contributed by atoms with E-state index in [4.69, 9.17) is 23.9 Å². The zero-order valence-electron chi connectivity index (χ0n) is 35.0. The second-order valence-corrected chi connectivity index (χ2v) is 15.4. The van der Waals surface area contributed by atoms with E-state index in [9.17, 15) is 9.59 Å². The maximum atomic E-state index is 15.6. The highest BCUT2D eigenvalue weighted by molar-refractivity contribution is 6.44. The number of hydrogen-bond acceptors (Lipinski definition) is 10. The third-order valence-corrected chi connectivity index (χ3v) is 12.2. The number of Topliss-reactive ketones (excluding diaryl/α,β-unsaturated/α-hetero) is 1. The molecule has 6 aromatic rings. The SMILES string of the molecule is CCOC(=O)c1[nH]c(-c2nc([C@@]3(C(=O)OCc4ccccc4)[C@@]4(C)C(=O)C(c5ccccc5)=C(c5ccccc5)[C@]43C(=O)OCC)cn2C)c(C(=O)OCc2ccccc2)c1C. The van der Waals surface area contributed by atoms with Crippen molar-refractivity contribution in [2.45, 2.75) is 46.3 Å². The van der Waals surface area contributed by atoms with Crippen LogP contribution in [0.2, 0.25) is 0 Å². The van der Waals surface area contributed by atoms with Gasteiger partial charge in [0.15, 0.2) is 11.6 Å². The van der Waals surface area contributed by atoms with Gasteiger partial charge in [-0.15, -0.1) is 0 Å². The summed E-state index contributed by atoms with van der Waals surface area (Å²) in [4.78, 5) is 81.8. The molecule has 8 rings (SSSR count). The quantitative estimate of drug-likeness (QED) is 0.0843. The number of fused-ring (bicyclic) bond motifs is 1. The first-order valence-electron chi connectivity index (χ1n) is 20.4. The van der Waals surface area contributed by atoms with Crippen molar-refractivity contribution >= 4 is 40.8 Å². The number of ketones is 1. The number of ether oxygens (including phenoxy) is 4. The number of carbonyl (C=O) groups excluding carboxylic acids is 5. The van der Waals surface area contributed by atoms with Crippen LogP contribution in [0.4, 0.5) is 0 Å². The lowest BCUT2D eigenvalue weighted by molar-refractivity contribution is -0.155. The highest BCUT2D eigenvalue weighted by atomic mass is 16.5. The number of carbonyl (C=O) groups is 5. The molecule has 0 saturated heterocycles.